The molecule has 0 fully saturated rings. The van der Waals surface area contributed by atoms with Crippen LogP contribution in [0, 0.1) is 5.82 Å². The molecule has 2 rings (SSSR count). The monoisotopic (exact) mass is 321 g/mol. The minimum Gasteiger partial charge on any atom is -0.337 e. The summed E-state index contributed by atoms with van der Waals surface area (Å²) in [6.45, 7) is 0.268. The molecule has 0 spiro atoms. The molecule has 0 atom stereocenters. The lowest BCUT2D eigenvalue weighted by Crippen LogP contribution is -2.26. The number of sulfone groups is 1. The van der Waals surface area contributed by atoms with Crippen molar-refractivity contribution in [3.05, 3.63) is 65.5 Å². The van der Waals surface area contributed by atoms with Crippen molar-refractivity contribution < 1.29 is 17.6 Å². The lowest BCUT2D eigenvalue weighted by molar-refractivity contribution is 0.0785. The molecule has 0 N–H and O–H groups in total. The molecule has 0 saturated carbocycles. The average Bonchev–Trinajstić information content (AvgIpc) is 2.45. The summed E-state index contributed by atoms with van der Waals surface area (Å²) in [6, 6.07) is 11.8. The Morgan fingerprint density at radius 1 is 1.14 bits per heavy atom. The van der Waals surface area contributed by atoms with Gasteiger partial charge in [0.05, 0.1) is 4.90 Å². The number of hydrogen-bond donors (Lipinski definition) is 0. The standard InChI is InChI=1S/C16H16FNO3S/c1-18(11-12-4-3-5-14(17)10-12)16(19)13-6-8-15(9-7-13)22(2,20)21/h3-10H,11H2,1-2H3. The molecule has 0 bridgehead atoms. The summed E-state index contributed by atoms with van der Waals surface area (Å²) >= 11 is 0. The highest BCUT2D eigenvalue weighted by Gasteiger charge is 2.14. The predicted molar refractivity (Wildman–Crippen MR) is 81.7 cm³/mol. The fourth-order valence-electron chi connectivity index (χ4n) is 2.05. The molecule has 2 aromatic carbocycles. The van der Waals surface area contributed by atoms with Crippen molar-refractivity contribution in [3.8, 4) is 0 Å². The van der Waals surface area contributed by atoms with Crippen LogP contribution in [-0.4, -0.2) is 32.5 Å². The minimum absolute atomic E-state index is 0.164. The van der Waals surface area contributed by atoms with Crippen LogP contribution in [-0.2, 0) is 16.4 Å². The van der Waals surface area contributed by atoms with E-state index in [1.165, 1.54) is 41.3 Å². The van der Waals surface area contributed by atoms with Crippen LogP contribution in [0.2, 0.25) is 0 Å². The van der Waals surface area contributed by atoms with Crippen molar-refractivity contribution >= 4 is 15.7 Å². The molecule has 0 saturated heterocycles. The average molecular weight is 321 g/mol. The largest absolute Gasteiger partial charge is 0.337 e. The number of benzene rings is 2. The van der Waals surface area contributed by atoms with Gasteiger partial charge in [0.1, 0.15) is 5.82 Å². The first-order valence-corrected chi connectivity index (χ1v) is 8.46. The van der Waals surface area contributed by atoms with Gasteiger partial charge >= 0.3 is 0 Å². The van der Waals surface area contributed by atoms with Crippen molar-refractivity contribution in [1.29, 1.82) is 0 Å². The number of rotatable bonds is 4. The summed E-state index contributed by atoms with van der Waals surface area (Å²) in [7, 11) is -1.68. The number of hydrogen-bond acceptors (Lipinski definition) is 3. The maximum absolute atomic E-state index is 13.1. The molecule has 0 radical (unpaired) electrons. The smallest absolute Gasteiger partial charge is 0.253 e. The topological polar surface area (TPSA) is 54.5 Å². The molecule has 22 heavy (non-hydrogen) atoms. The lowest BCUT2D eigenvalue weighted by atomic mass is 10.1. The number of carbonyl (C=O) groups excluding carboxylic acids is 1. The molecule has 0 aliphatic carbocycles. The van der Waals surface area contributed by atoms with Gasteiger partial charge < -0.3 is 4.90 Å². The van der Waals surface area contributed by atoms with Crippen LogP contribution in [0.25, 0.3) is 0 Å². The number of amides is 1. The second-order valence-electron chi connectivity index (χ2n) is 5.09. The van der Waals surface area contributed by atoms with E-state index in [0.717, 1.165) is 6.26 Å². The highest BCUT2D eigenvalue weighted by atomic mass is 32.2. The maximum Gasteiger partial charge on any atom is 0.253 e. The van der Waals surface area contributed by atoms with Crippen molar-refractivity contribution in [3.63, 3.8) is 0 Å². The molecule has 116 valence electrons. The minimum atomic E-state index is -3.29. The molecule has 0 heterocycles. The highest BCUT2D eigenvalue weighted by molar-refractivity contribution is 7.90. The van der Waals surface area contributed by atoms with E-state index in [1.807, 2.05) is 0 Å². The number of carbonyl (C=O) groups is 1. The van der Waals surface area contributed by atoms with Gasteiger partial charge in [-0.1, -0.05) is 12.1 Å². The lowest BCUT2D eigenvalue weighted by Gasteiger charge is -2.17. The van der Waals surface area contributed by atoms with Gasteiger partial charge in [-0.05, 0) is 42.0 Å². The summed E-state index contributed by atoms with van der Waals surface area (Å²) in [5.74, 6) is -0.611. The van der Waals surface area contributed by atoms with Gasteiger partial charge in [0, 0.05) is 25.4 Å². The number of halogens is 1. The Hall–Kier alpha value is -2.21. The van der Waals surface area contributed by atoms with E-state index in [2.05, 4.69) is 0 Å². The van der Waals surface area contributed by atoms with E-state index >= 15 is 0 Å². The summed E-state index contributed by atoms with van der Waals surface area (Å²) in [5, 5.41) is 0. The van der Waals surface area contributed by atoms with Crippen LogP contribution < -0.4 is 0 Å². The van der Waals surface area contributed by atoms with Gasteiger partial charge in [-0.2, -0.15) is 0 Å². The fourth-order valence-corrected chi connectivity index (χ4v) is 2.68. The molecule has 0 aliphatic heterocycles. The maximum atomic E-state index is 13.1. The Kier molecular flexibility index (Phi) is 4.61. The van der Waals surface area contributed by atoms with Crippen LogP contribution in [0.1, 0.15) is 15.9 Å². The fraction of sp³-hybridized carbons (Fsp3) is 0.188. The van der Waals surface area contributed by atoms with E-state index in [1.54, 1.807) is 19.2 Å². The summed E-state index contributed by atoms with van der Waals surface area (Å²) in [4.78, 5) is 13.9. The van der Waals surface area contributed by atoms with Crippen molar-refractivity contribution in [2.24, 2.45) is 0 Å². The molecule has 2 aromatic rings. The van der Waals surface area contributed by atoms with Crippen LogP contribution >= 0.6 is 0 Å². The molecular weight excluding hydrogens is 305 g/mol. The molecule has 4 nitrogen and oxygen atoms in total. The third-order valence-corrected chi connectivity index (χ3v) is 4.31. The second kappa shape index (κ2) is 6.27. The molecule has 0 aliphatic rings. The zero-order valence-electron chi connectivity index (χ0n) is 12.3. The SMILES string of the molecule is CN(Cc1cccc(F)c1)C(=O)c1ccc(S(C)(=O)=O)cc1. The van der Waals surface area contributed by atoms with Gasteiger partial charge in [0.2, 0.25) is 0 Å². The Morgan fingerprint density at radius 2 is 1.77 bits per heavy atom. The normalized spacial score (nSPS) is 11.2. The van der Waals surface area contributed by atoms with Gasteiger partial charge in [-0.25, -0.2) is 12.8 Å². The van der Waals surface area contributed by atoms with Crippen LogP contribution in [0.3, 0.4) is 0 Å². The van der Waals surface area contributed by atoms with E-state index in [4.69, 9.17) is 0 Å². The van der Waals surface area contributed by atoms with Gasteiger partial charge in [0.25, 0.3) is 5.91 Å². The zero-order chi connectivity index (χ0) is 16.3. The molecule has 6 heteroatoms. The first kappa shape index (κ1) is 16.2. The molecular formula is C16H16FNO3S. The third kappa shape index (κ3) is 3.92. The summed E-state index contributed by atoms with van der Waals surface area (Å²) in [5.41, 5.74) is 1.06. The summed E-state index contributed by atoms with van der Waals surface area (Å²) in [6.07, 6.45) is 1.11. The van der Waals surface area contributed by atoms with Crippen molar-refractivity contribution in [2.45, 2.75) is 11.4 Å². The van der Waals surface area contributed by atoms with E-state index in [-0.39, 0.29) is 23.2 Å². The molecule has 1 amide bonds. The van der Waals surface area contributed by atoms with Crippen LogP contribution in [0.4, 0.5) is 4.39 Å². The highest BCUT2D eigenvalue weighted by Crippen LogP contribution is 2.13. The Morgan fingerprint density at radius 3 is 2.32 bits per heavy atom. The van der Waals surface area contributed by atoms with Crippen LogP contribution in [0.15, 0.2) is 53.4 Å². The molecule has 0 aromatic heterocycles. The Bertz CT molecular complexity index is 785. The predicted octanol–water partition coefficient (Wildman–Crippen LogP) is 2.50. The first-order valence-electron chi connectivity index (χ1n) is 6.57. The third-order valence-electron chi connectivity index (χ3n) is 3.18. The zero-order valence-corrected chi connectivity index (χ0v) is 13.1. The van der Waals surface area contributed by atoms with E-state index in [0.29, 0.717) is 11.1 Å². The van der Waals surface area contributed by atoms with Crippen molar-refractivity contribution in [2.75, 3.05) is 13.3 Å². The van der Waals surface area contributed by atoms with Gasteiger partial charge in [-0.15, -0.1) is 0 Å². The first-order chi connectivity index (χ1) is 10.3. The van der Waals surface area contributed by atoms with Crippen molar-refractivity contribution in [1.82, 2.24) is 4.90 Å². The number of nitrogens with zero attached hydrogens (tertiary/aromatic N) is 1. The van der Waals surface area contributed by atoms with Gasteiger partial charge in [-0.3, -0.25) is 4.79 Å². The quantitative estimate of drug-likeness (QED) is 0.869. The Balaban J connectivity index is 2.14. The van der Waals surface area contributed by atoms with Crippen LogP contribution in [0.5, 0.6) is 0 Å². The van der Waals surface area contributed by atoms with E-state index < -0.39 is 9.84 Å². The summed E-state index contributed by atoms with van der Waals surface area (Å²) < 4.78 is 35.9. The van der Waals surface area contributed by atoms with Gasteiger partial charge in [0.15, 0.2) is 9.84 Å². The second-order valence-corrected chi connectivity index (χ2v) is 7.10. The molecule has 0 unspecified atom stereocenters. The Labute approximate surface area is 129 Å². The van der Waals surface area contributed by atoms with E-state index in [9.17, 15) is 17.6 Å².